The molecular weight excluding hydrogens is 370 g/mol. The zero-order chi connectivity index (χ0) is 21.6. The van der Waals surface area contributed by atoms with Crippen LogP contribution in [-0.2, 0) is 24.0 Å². The van der Waals surface area contributed by atoms with Crippen molar-refractivity contribution in [2.45, 2.75) is 40.2 Å². The van der Waals surface area contributed by atoms with Crippen LogP contribution in [0.2, 0.25) is 0 Å². The maximum Gasteiger partial charge on any atom is 0.243 e. The molecule has 0 bridgehead atoms. The van der Waals surface area contributed by atoms with E-state index in [4.69, 9.17) is 5.11 Å². The van der Waals surface area contributed by atoms with Gasteiger partial charge in [-0.05, 0) is 7.05 Å². The second kappa shape index (κ2) is 16.6. The third-order valence-corrected chi connectivity index (χ3v) is 3.43. The lowest BCUT2D eigenvalue weighted by atomic mass is 10.1. The summed E-state index contributed by atoms with van der Waals surface area (Å²) in [6, 6.07) is -1.15. The monoisotopic (exact) mass is 405 g/mol. The van der Waals surface area contributed by atoms with Gasteiger partial charge in [-0.1, -0.05) is 14.4 Å². The molecule has 0 aromatic rings. The number of rotatable bonds is 6. The van der Waals surface area contributed by atoms with Crippen LogP contribution in [0.1, 0.15) is 34.1 Å². The van der Waals surface area contributed by atoms with E-state index in [1.54, 1.807) is 14.0 Å². The number of carbonyl (C=O) groups is 5. The smallest absolute Gasteiger partial charge is 0.243 e. The highest BCUT2D eigenvalue weighted by Gasteiger charge is 2.43. The van der Waals surface area contributed by atoms with Gasteiger partial charge in [-0.25, -0.2) is 0 Å². The Morgan fingerprint density at radius 3 is 2.04 bits per heavy atom. The molecule has 0 saturated carbocycles. The average Bonchev–Trinajstić information content (AvgIpc) is 2.91. The molecule has 0 spiro atoms. The topological polar surface area (TPSA) is 171 Å². The highest BCUT2D eigenvalue weighted by Crippen LogP contribution is 2.22. The van der Waals surface area contributed by atoms with Crippen molar-refractivity contribution in [1.82, 2.24) is 20.9 Å². The average molecular weight is 405 g/mol. The Balaban J connectivity index is -0.000000678. The minimum atomic E-state index is -1.15. The van der Waals surface area contributed by atoms with Gasteiger partial charge in [0.1, 0.15) is 6.04 Å². The Labute approximate surface area is 166 Å². The van der Waals surface area contributed by atoms with Crippen molar-refractivity contribution >= 4 is 29.5 Å². The van der Waals surface area contributed by atoms with Crippen LogP contribution in [0.4, 0.5) is 0 Å². The highest BCUT2D eigenvalue weighted by atomic mass is 16.3. The third kappa shape index (κ3) is 10.6. The molecule has 0 radical (unpaired) electrons. The minimum Gasteiger partial charge on any atom is -0.395 e. The quantitative estimate of drug-likeness (QED) is 0.317. The number of nitrogens with zero attached hydrogens (tertiary/aromatic N) is 1. The molecule has 164 valence electrons. The summed E-state index contributed by atoms with van der Waals surface area (Å²) < 4.78 is 0. The van der Waals surface area contributed by atoms with Gasteiger partial charge in [-0.15, -0.1) is 0 Å². The Kier molecular flexibility index (Phi) is 17.9. The zero-order valence-corrected chi connectivity index (χ0v) is 16.5. The predicted octanol–water partition coefficient (Wildman–Crippen LogP) is -2.04. The summed E-state index contributed by atoms with van der Waals surface area (Å²) in [4.78, 5) is 57.7. The van der Waals surface area contributed by atoms with E-state index in [9.17, 15) is 24.0 Å². The number of hydrogen-bond donors (Lipinski definition) is 5. The molecule has 11 heteroatoms. The first-order chi connectivity index (χ1) is 12.7. The Bertz CT molecular complexity index is 526. The molecule has 5 amide bonds. The van der Waals surface area contributed by atoms with Crippen LogP contribution in [-0.4, -0.2) is 79.9 Å². The number of carbonyl (C=O) groups excluding carboxylic acids is 5. The number of likely N-dealkylation sites (tertiary alicyclic amines) is 1. The first-order valence-corrected chi connectivity index (χ1v) is 8.40. The van der Waals surface area contributed by atoms with E-state index in [0.29, 0.717) is 0 Å². The van der Waals surface area contributed by atoms with E-state index in [0.717, 1.165) is 4.90 Å². The first kappa shape index (κ1) is 30.2. The van der Waals surface area contributed by atoms with Crippen molar-refractivity contribution in [1.29, 1.82) is 0 Å². The summed E-state index contributed by atoms with van der Waals surface area (Å²) in [7, 11) is 4.47. The second-order valence-electron chi connectivity index (χ2n) is 5.42. The summed E-state index contributed by atoms with van der Waals surface area (Å²) >= 11 is 0. The van der Waals surface area contributed by atoms with E-state index < -0.39 is 35.6 Å². The van der Waals surface area contributed by atoms with Crippen molar-refractivity contribution in [3.63, 3.8) is 0 Å². The van der Waals surface area contributed by atoms with Crippen molar-refractivity contribution in [2.24, 2.45) is 11.7 Å². The lowest BCUT2D eigenvalue weighted by Gasteiger charge is -2.24. The summed E-state index contributed by atoms with van der Waals surface area (Å²) in [6.07, 6.45) is -0.269. The number of amides is 5. The van der Waals surface area contributed by atoms with Crippen LogP contribution >= 0.6 is 0 Å². The molecule has 28 heavy (non-hydrogen) atoms. The molecule has 6 N–H and O–H groups in total. The van der Waals surface area contributed by atoms with Gasteiger partial charge in [0.15, 0.2) is 0 Å². The molecule has 11 nitrogen and oxygen atoms in total. The van der Waals surface area contributed by atoms with Crippen molar-refractivity contribution < 1.29 is 29.1 Å². The molecule has 1 aliphatic heterocycles. The number of likely N-dealkylation sites (N-methyl/N-ethyl adjacent to an activating group) is 1. The highest BCUT2D eigenvalue weighted by molar-refractivity contribution is 6.07. The number of aliphatic hydroxyl groups is 1. The Hall–Kier alpha value is -2.53. The molecule has 0 aromatic heterocycles. The number of hydrogen-bond acceptors (Lipinski definition) is 7. The Morgan fingerprint density at radius 1 is 1.21 bits per heavy atom. The Morgan fingerprint density at radius 2 is 1.71 bits per heavy atom. The number of nitrogens with one attached hydrogen (secondary N) is 3. The van der Waals surface area contributed by atoms with E-state index in [-0.39, 0.29) is 39.3 Å². The number of aliphatic hydroxyl groups excluding tert-OH is 1. The van der Waals surface area contributed by atoms with Crippen molar-refractivity contribution in [2.75, 3.05) is 34.3 Å². The SMILES string of the molecule is C.CN.CNC(=O)C(CC(=O)NCCO)N1C(=O)CC(C)C1=O.CNC(C)=O. The molecule has 1 fully saturated rings. The van der Waals surface area contributed by atoms with Gasteiger partial charge in [0.05, 0.1) is 13.0 Å². The summed E-state index contributed by atoms with van der Waals surface area (Å²) in [5, 5.41) is 15.7. The summed E-state index contributed by atoms with van der Waals surface area (Å²) in [6.45, 7) is 2.90. The van der Waals surface area contributed by atoms with Crippen LogP contribution in [0.25, 0.3) is 0 Å². The number of nitrogens with two attached hydrogens (primary N) is 1. The second-order valence-corrected chi connectivity index (χ2v) is 5.42. The molecule has 1 heterocycles. The standard InChI is InChI=1S/C12H19N3O5.C3H7NO.CH5N.CH4/c1-7-5-10(18)15(12(7)20)8(11(19)13-2)6-9(17)14-3-4-16;1-3(5)4-2;1-2;/h7-8,16H,3-6H2,1-2H3,(H,13,19)(H,14,17);1-2H3,(H,4,5);2H2,1H3;1H4. The first-order valence-electron chi connectivity index (χ1n) is 8.40. The van der Waals surface area contributed by atoms with Crippen LogP contribution in [0, 0.1) is 5.92 Å². The summed E-state index contributed by atoms with van der Waals surface area (Å²) in [5.74, 6) is -2.45. The van der Waals surface area contributed by atoms with Crippen LogP contribution in [0.5, 0.6) is 0 Å². The fourth-order valence-electron chi connectivity index (χ4n) is 2.05. The van der Waals surface area contributed by atoms with Crippen molar-refractivity contribution in [3.8, 4) is 0 Å². The van der Waals surface area contributed by atoms with Gasteiger partial charge >= 0.3 is 0 Å². The number of imide groups is 1. The van der Waals surface area contributed by atoms with E-state index in [1.807, 2.05) is 0 Å². The van der Waals surface area contributed by atoms with Crippen LogP contribution < -0.4 is 21.7 Å². The normalized spacial score (nSPS) is 15.7. The fourth-order valence-corrected chi connectivity index (χ4v) is 2.05. The van der Waals surface area contributed by atoms with Crippen LogP contribution in [0.3, 0.4) is 0 Å². The van der Waals surface area contributed by atoms with Gasteiger partial charge in [0.25, 0.3) is 0 Å². The van der Waals surface area contributed by atoms with E-state index in [1.165, 1.54) is 21.0 Å². The van der Waals surface area contributed by atoms with Gasteiger partial charge in [-0.3, -0.25) is 28.9 Å². The van der Waals surface area contributed by atoms with Gasteiger partial charge in [0.2, 0.25) is 29.5 Å². The molecule has 1 rings (SSSR count). The molecule has 1 saturated heterocycles. The van der Waals surface area contributed by atoms with Crippen molar-refractivity contribution in [3.05, 3.63) is 0 Å². The van der Waals surface area contributed by atoms with E-state index >= 15 is 0 Å². The summed E-state index contributed by atoms with van der Waals surface area (Å²) in [5.41, 5.74) is 4.50. The maximum atomic E-state index is 11.9. The molecule has 1 aliphatic rings. The molecule has 0 aromatic carbocycles. The van der Waals surface area contributed by atoms with Gasteiger partial charge in [-0.2, -0.15) is 0 Å². The van der Waals surface area contributed by atoms with Gasteiger partial charge < -0.3 is 26.8 Å². The molecule has 2 unspecified atom stereocenters. The van der Waals surface area contributed by atoms with Crippen LogP contribution in [0.15, 0.2) is 0 Å². The maximum absolute atomic E-state index is 11.9. The minimum absolute atomic E-state index is 0. The predicted molar refractivity (Wildman–Crippen MR) is 105 cm³/mol. The molecule has 0 aliphatic carbocycles. The van der Waals surface area contributed by atoms with E-state index in [2.05, 4.69) is 21.7 Å². The molecular formula is C17H35N5O6. The lowest BCUT2D eigenvalue weighted by molar-refractivity contribution is -0.148. The molecule has 2 atom stereocenters. The fraction of sp³-hybridized carbons (Fsp3) is 0.706. The lowest BCUT2D eigenvalue weighted by Crippen LogP contribution is -2.51. The largest absolute Gasteiger partial charge is 0.395 e. The third-order valence-electron chi connectivity index (χ3n) is 3.43. The zero-order valence-electron chi connectivity index (χ0n) is 16.5. The van der Waals surface area contributed by atoms with Gasteiger partial charge in [0, 0.05) is 39.9 Å².